The number of carbonyl (C=O) groups is 2. The molecular formula is C30H37F2N7O4. The number of nitrogens with one attached hydrogen (secondary N) is 2. The lowest BCUT2D eigenvalue weighted by Gasteiger charge is -2.36. The maximum absolute atomic E-state index is 14.9. The van der Waals surface area contributed by atoms with Crippen LogP contribution in [-0.2, 0) is 4.74 Å². The molecule has 43 heavy (non-hydrogen) atoms. The van der Waals surface area contributed by atoms with Crippen LogP contribution < -0.4 is 11.0 Å². The van der Waals surface area contributed by atoms with Gasteiger partial charge in [0.05, 0.1) is 17.7 Å². The fourth-order valence-electron chi connectivity index (χ4n) is 6.59. The summed E-state index contributed by atoms with van der Waals surface area (Å²) in [5, 5.41) is 3.10. The number of hydrogen-bond donors (Lipinski definition) is 2. The van der Waals surface area contributed by atoms with Crippen molar-refractivity contribution in [3.8, 4) is 0 Å². The molecule has 0 aliphatic carbocycles. The van der Waals surface area contributed by atoms with E-state index in [1.54, 1.807) is 37.6 Å². The van der Waals surface area contributed by atoms with E-state index in [0.717, 1.165) is 11.6 Å². The first-order chi connectivity index (χ1) is 20.6. The van der Waals surface area contributed by atoms with Crippen molar-refractivity contribution in [3.05, 3.63) is 64.2 Å². The number of rotatable bonds is 3. The molecule has 0 saturated carbocycles. The molecule has 0 bridgehead atoms. The predicted octanol–water partition coefficient (Wildman–Crippen LogP) is 3.79. The molecule has 3 saturated heterocycles. The fourth-order valence-corrected chi connectivity index (χ4v) is 6.59. The van der Waals surface area contributed by atoms with Crippen LogP contribution in [0.3, 0.4) is 0 Å². The zero-order valence-electron chi connectivity index (χ0n) is 24.4. The standard InChI is InChI=1S/C30H37F2N7O4/c1-30(2)17-43-18-38(30)29(42)37-15-19(22-5-3-6-23(31)25(22)32)8-9-20(16-37)34-27(40)36-13-10-21(11-14-36)39-24-7-4-12-33-26(24)35-28(39)41/h3-7,12,19-21H,8-11,13-18H2,1-2H3,(H,34,40)(H,33,35,41)/t19-,20-/m1/s1. The predicted molar refractivity (Wildman–Crippen MR) is 155 cm³/mol. The monoisotopic (exact) mass is 597 g/mol. The number of benzene rings is 1. The molecule has 0 unspecified atom stereocenters. The van der Waals surface area contributed by atoms with Gasteiger partial charge in [-0.15, -0.1) is 0 Å². The van der Waals surface area contributed by atoms with Crippen LogP contribution >= 0.6 is 0 Å². The number of piperidine rings is 1. The van der Waals surface area contributed by atoms with Crippen molar-refractivity contribution in [1.29, 1.82) is 0 Å². The van der Waals surface area contributed by atoms with Gasteiger partial charge in [-0.05, 0) is 63.3 Å². The Morgan fingerprint density at radius 3 is 2.58 bits per heavy atom. The van der Waals surface area contributed by atoms with Crippen LogP contribution in [0, 0.1) is 11.6 Å². The largest absolute Gasteiger partial charge is 0.359 e. The van der Waals surface area contributed by atoms with Gasteiger partial charge in [0, 0.05) is 50.4 Å². The summed E-state index contributed by atoms with van der Waals surface area (Å²) in [5.74, 6) is -2.26. The number of imidazole rings is 1. The van der Waals surface area contributed by atoms with Gasteiger partial charge in [-0.3, -0.25) is 14.5 Å². The molecule has 11 nitrogen and oxygen atoms in total. The Balaban J connectivity index is 1.15. The molecule has 3 aromatic rings. The molecule has 0 spiro atoms. The van der Waals surface area contributed by atoms with Crippen LogP contribution in [0.1, 0.15) is 57.1 Å². The van der Waals surface area contributed by atoms with Crippen molar-refractivity contribution in [2.45, 2.75) is 63.1 Å². The summed E-state index contributed by atoms with van der Waals surface area (Å²) in [5.41, 5.74) is 0.784. The van der Waals surface area contributed by atoms with Gasteiger partial charge >= 0.3 is 17.8 Å². The Bertz CT molecular complexity index is 1570. The van der Waals surface area contributed by atoms with Crippen molar-refractivity contribution in [2.24, 2.45) is 0 Å². The van der Waals surface area contributed by atoms with Gasteiger partial charge in [-0.25, -0.2) is 28.1 Å². The minimum atomic E-state index is -0.923. The van der Waals surface area contributed by atoms with Gasteiger partial charge < -0.3 is 19.9 Å². The molecule has 13 heteroatoms. The van der Waals surface area contributed by atoms with Crippen LogP contribution in [0.5, 0.6) is 0 Å². The van der Waals surface area contributed by atoms with E-state index in [1.807, 2.05) is 19.9 Å². The van der Waals surface area contributed by atoms with Crippen molar-refractivity contribution in [2.75, 3.05) is 39.5 Å². The second-order valence-electron chi connectivity index (χ2n) is 12.4. The van der Waals surface area contributed by atoms with Crippen LogP contribution in [-0.4, -0.2) is 92.4 Å². The first kappa shape index (κ1) is 29.1. The highest BCUT2D eigenvalue weighted by Gasteiger charge is 2.41. The van der Waals surface area contributed by atoms with Crippen LogP contribution in [0.2, 0.25) is 0 Å². The second kappa shape index (κ2) is 11.6. The number of halogens is 2. The molecule has 3 aliphatic rings. The number of H-pyrrole nitrogens is 1. The number of ether oxygens (including phenoxy) is 1. The maximum atomic E-state index is 14.9. The minimum Gasteiger partial charge on any atom is -0.359 e. The summed E-state index contributed by atoms with van der Waals surface area (Å²) in [4.78, 5) is 51.8. The lowest BCUT2D eigenvalue weighted by molar-refractivity contribution is 0.107. The molecule has 5 heterocycles. The number of amides is 4. The minimum absolute atomic E-state index is 0.0616. The fraction of sp³-hybridized carbons (Fsp3) is 0.533. The topological polar surface area (TPSA) is 116 Å². The van der Waals surface area contributed by atoms with Crippen molar-refractivity contribution in [3.63, 3.8) is 0 Å². The average Bonchev–Trinajstić information content (AvgIpc) is 3.44. The Morgan fingerprint density at radius 2 is 1.84 bits per heavy atom. The summed E-state index contributed by atoms with van der Waals surface area (Å²) in [7, 11) is 0. The number of urea groups is 2. The maximum Gasteiger partial charge on any atom is 0.327 e. The first-order valence-corrected chi connectivity index (χ1v) is 14.8. The van der Waals surface area contributed by atoms with E-state index in [9.17, 15) is 23.2 Å². The zero-order chi connectivity index (χ0) is 30.3. The van der Waals surface area contributed by atoms with E-state index >= 15 is 0 Å². The molecule has 6 rings (SSSR count). The average molecular weight is 598 g/mol. The molecule has 2 aromatic heterocycles. The van der Waals surface area contributed by atoms with E-state index in [-0.39, 0.29) is 55.2 Å². The number of nitrogens with zero attached hydrogens (tertiary/aromatic N) is 5. The lowest BCUT2D eigenvalue weighted by atomic mass is 9.93. The lowest BCUT2D eigenvalue weighted by Crippen LogP contribution is -2.55. The smallest absolute Gasteiger partial charge is 0.327 e. The third-order valence-electron chi connectivity index (χ3n) is 9.01. The number of aromatic amines is 1. The summed E-state index contributed by atoms with van der Waals surface area (Å²) in [6.45, 7) is 5.72. The quantitative estimate of drug-likeness (QED) is 0.477. The van der Waals surface area contributed by atoms with Gasteiger partial charge in [-0.2, -0.15) is 0 Å². The highest BCUT2D eigenvalue weighted by molar-refractivity contribution is 5.77. The molecule has 0 radical (unpaired) electrons. The van der Waals surface area contributed by atoms with Gasteiger partial charge in [0.25, 0.3) is 0 Å². The third kappa shape index (κ3) is 5.69. The number of fused-ring (bicyclic) bond motifs is 1. The van der Waals surface area contributed by atoms with E-state index in [1.165, 1.54) is 6.07 Å². The van der Waals surface area contributed by atoms with Gasteiger partial charge in [0.1, 0.15) is 6.73 Å². The molecule has 2 atom stereocenters. The van der Waals surface area contributed by atoms with E-state index in [2.05, 4.69) is 15.3 Å². The molecule has 1 aromatic carbocycles. The van der Waals surface area contributed by atoms with Crippen LogP contribution in [0.25, 0.3) is 11.2 Å². The molecule has 3 fully saturated rings. The highest BCUT2D eigenvalue weighted by atomic mass is 19.2. The van der Waals surface area contributed by atoms with E-state index in [0.29, 0.717) is 51.0 Å². The molecule has 230 valence electrons. The van der Waals surface area contributed by atoms with Gasteiger partial charge in [0.2, 0.25) is 0 Å². The summed E-state index contributed by atoms with van der Waals surface area (Å²) in [6.07, 6.45) is 3.80. The SMILES string of the molecule is CC1(C)COCN1C(=O)N1C[C@H](NC(=O)N2CCC(n3c(=O)[nH]c4ncccc43)CC2)CC[C@@H](c2cccc(F)c2F)C1. The number of aromatic nitrogens is 3. The number of pyridine rings is 1. The summed E-state index contributed by atoms with van der Waals surface area (Å²) < 4.78 is 36.3. The Hall–Kier alpha value is -4.00. The second-order valence-corrected chi connectivity index (χ2v) is 12.4. The summed E-state index contributed by atoms with van der Waals surface area (Å²) >= 11 is 0. The van der Waals surface area contributed by atoms with E-state index in [4.69, 9.17) is 4.74 Å². The highest BCUT2D eigenvalue weighted by Crippen LogP contribution is 2.32. The molecular weight excluding hydrogens is 560 g/mol. The van der Waals surface area contributed by atoms with Crippen LogP contribution in [0.15, 0.2) is 41.3 Å². The number of carbonyl (C=O) groups excluding carboxylic acids is 2. The number of likely N-dealkylation sites (tertiary alicyclic amines) is 2. The van der Waals surface area contributed by atoms with E-state index < -0.39 is 23.1 Å². The number of hydrogen-bond acceptors (Lipinski definition) is 5. The van der Waals surface area contributed by atoms with Crippen molar-refractivity contribution in [1.82, 2.24) is 34.6 Å². The van der Waals surface area contributed by atoms with Crippen molar-refractivity contribution >= 4 is 23.2 Å². The first-order valence-electron chi connectivity index (χ1n) is 14.8. The Morgan fingerprint density at radius 1 is 1.05 bits per heavy atom. The normalized spacial score (nSPS) is 23.0. The van der Waals surface area contributed by atoms with Crippen molar-refractivity contribution < 1.29 is 23.1 Å². The van der Waals surface area contributed by atoms with Crippen LogP contribution in [0.4, 0.5) is 18.4 Å². The molecule has 4 amide bonds. The molecule has 3 aliphatic heterocycles. The Kier molecular flexibility index (Phi) is 7.84. The van der Waals surface area contributed by atoms with Gasteiger partial charge in [-0.1, -0.05) is 12.1 Å². The molecule has 2 N–H and O–H groups in total. The third-order valence-corrected chi connectivity index (χ3v) is 9.01. The van der Waals surface area contributed by atoms with Gasteiger partial charge in [0.15, 0.2) is 17.3 Å². The Labute approximate surface area is 247 Å². The summed E-state index contributed by atoms with van der Waals surface area (Å²) in [6, 6.07) is 6.82. The zero-order valence-corrected chi connectivity index (χ0v) is 24.4.